The Hall–Kier alpha value is -1.75. The summed E-state index contributed by atoms with van der Waals surface area (Å²) >= 11 is 0. The van der Waals surface area contributed by atoms with Gasteiger partial charge in [0.25, 0.3) is 0 Å². The van der Waals surface area contributed by atoms with E-state index in [0.29, 0.717) is 6.54 Å². The van der Waals surface area contributed by atoms with Crippen molar-refractivity contribution in [3.63, 3.8) is 0 Å². The number of nitrogens with zero attached hydrogens (tertiary/aromatic N) is 1. The lowest BCUT2D eigenvalue weighted by molar-refractivity contribution is 0.167. The Balaban J connectivity index is 2.02. The number of para-hydroxylation sites is 1. The Labute approximate surface area is 107 Å². The molecule has 1 heterocycles. The van der Waals surface area contributed by atoms with Crippen LogP contribution in [-0.2, 0) is 11.3 Å². The highest BCUT2D eigenvalue weighted by Crippen LogP contribution is 2.24. The van der Waals surface area contributed by atoms with Crippen LogP contribution in [0.2, 0.25) is 0 Å². The van der Waals surface area contributed by atoms with E-state index >= 15 is 0 Å². The number of ether oxygens (including phenoxy) is 1. The molecular formula is C13H19N3O2. The van der Waals surface area contributed by atoms with Crippen molar-refractivity contribution in [3.8, 4) is 0 Å². The molecule has 1 amide bonds. The van der Waals surface area contributed by atoms with Crippen LogP contribution in [0.4, 0.5) is 10.5 Å². The normalized spacial score (nSPS) is 18.8. The molecule has 18 heavy (non-hydrogen) atoms. The average molecular weight is 249 g/mol. The summed E-state index contributed by atoms with van der Waals surface area (Å²) in [7, 11) is 1.38. The third-order valence-electron chi connectivity index (χ3n) is 3.25. The summed E-state index contributed by atoms with van der Waals surface area (Å²) in [5, 5.41) is 2.83. The number of carbonyl (C=O) groups excluding carboxylic acids is 1. The molecule has 1 aromatic rings. The van der Waals surface area contributed by atoms with Crippen molar-refractivity contribution < 1.29 is 9.53 Å². The zero-order chi connectivity index (χ0) is 13.0. The Morgan fingerprint density at radius 1 is 1.56 bits per heavy atom. The van der Waals surface area contributed by atoms with Crippen LogP contribution in [0.1, 0.15) is 12.0 Å². The van der Waals surface area contributed by atoms with Gasteiger partial charge < -0.3 is 20.7 Å². The van der Waals surface area contributed by atoms with E-state index in [4.69, 9.17) is 5.73 Å². The summed E-state index contributed by atoms with van der Waals surface area (Å²) in [4.78, 5) is 13.4. The quantitative estimate of drug-likeness (QED) is 0.841. The SMILES string of the molecule is COC(=O)NC1CCN(c2ccccc2CN)C1. The summed E-state index contributed by atoms with van der Waals surface area (Å²) < 4.78 is 4.61. The molecule has 0 bridgehead atoms. The van der Waals surface area contributed by atoms with Crippen LogP contribution < -0.4 is 16.0 Å². The monoisotopic (exact) mass is 249 g/mol. The van der Waals surface area contributed by atoms with E-state index < -0.39 is 0 Å². The number of hydrogen-bond acceptors (Lipinski definition) is 4. The molecule has 1 fully saturated rings. The molecule has 1 aromatic carbocycles. The number of nitrogens with one attached hydrogen (secondary N) is 1. The standard InChI is InChI=1S/C13H19N3O2/c1-18-13(17)15-11-6-7-16(9-11)12-5-3-2-4-10(12)8-14/h2-5,11H,6-9,14H2,1H3,(H,15,17). The Kier molecular flexibility index (Phi) is 4.04. The van der Waals surface area contributed by atoms with Gasteiger partial charge in [-0.05, 0) is 18.1 Å². The molecule has 1 saturated heterocycles. The molecule has 0 aromatic heterocycles. The van der Waals surface area contributed by atoms with Gasteiger partial charge in [0.05, 0.1) is 13.2 Å². The first-order valence-corrected chi connectivity index (χ1v) is 6.12. The third-order valence-corrected chi connectivity index (χ3v) is 3.25. The molecule has 2 rings (SSSR count). The molecule has 1 aliphatic heterocycles. The van der Waals surface area contributed by atoms with Crippen LogP contribution in [0, 0.1) is 0 Å². The van der Waals surface area contributed by atoms with E-state index in [9.17, 15) is 4.79 Å². The molecule has 5 nitrogen and oxygen atoms in total. The molecule has 0 spiro atoms. The molecule has 1 aliphatic rings. The second-order valence-corrected chi connectivity index (χ2v) is 4.40. The van der Waals surface area contributed by atoms with E-state index in [1.165, 1.54) is 7.11 Å². The number of hydrogen-bond donors (Lipinski definition) is 2. The van der Waals surface area contributed by atoms with Gasteiger partial charge in [-0.2, -0.15) is 0 Å². The van der Waals surface area contributed by atoms with Gasteiger partial charge in [0.1, 0.15) is 0 Å². The van der Waals surface area contributed by atoms with E-state index in [0.717, 1.165) is 30.8 Å². The molecule has 0 saturated carbocycles. The Morgan fingerprint density at radius 2 is 2.33 bits per heavy atom. The minimum Gasteiger partial charge on any atom is -0.453 e. The van der Waals surface area contributed by atoms with Gasteiger partial charge in [0.2, 0.25) is 0 Å². The van der Waals surface area contributed by atoms with Crippen molar-refractivity contribution in [2.45, 2.75) is 19.0 Å². The largest absolute Gasteiger partial charge is 0.453 e. The van der Waals surface area contributed by atoms with Gasteiger partial charge in [-0.25, -0.2) is 4.79 Å². The van der Waals surface area contributed by atoms with Gasteiger partial charge in [0.15, 0.2) is 0 Å². The van der Waals surface area contributed by atoms with Gasteiger partial charge in [-0.1, -0.05) is 18.2 Å². The Bertz CT molecular complexity index is 422. The predicted octanol–water partition coefficient (Wildman–Crippen LogP) is 1.08. The van der Waals surface area contributed by atoms with Crippen LogP contribution in [-0.4, -0.2) is 32.3 Å². The summed E-state index contributed by atoms with van der Waals surface area (Å²) in [5.41, 5.74) is 8.04. The number of amides is 1. The second-order valence-electron chi connectivity index (χ2n) is 4.40. The molecule has 1 atom stereocenters. The third kappa shape index (κ3) is 2.73. The van der Waals surface area contributed by atoms with Crippen molar-refractivity contribution in [1.82, 2.24) is 5.32 Å². The van der Waals surface area contributed by atoms with Crippen LogP contribution in [0.3, 0.4) is 0 Å². The lowest BCUT2D eigenvalue weighted by atomic mass is 10.1. The predicted molar refractivity (Wildman–Crippen MR) is 70.5 cm³/mol. The highest BCUT2D eigenvalue weighted by atomic mass is 16.5. The van der Waals surface area contributed by atoms with Crippen LogP contribution in [0.5, 0.6) is 0 Å². The highest BCUT2D eigenvalue weighted by molar-refractivity contribution is 5.67. The smallest absolute Gasteiger partial charge is 0.407 e. The molecule has 98 valence electrons. The van der Waals surface area contributed by atoms with Crippen LogP contribution in [0.25, 0.3) is 0 Å². The average Bonchev–Trinajstić information content (AvgIpc) is 2.86. The minimum absolute atomic E-state index is 0.142. The first kappa shape index (κ1) is 12.7. The van der Waals surface area contributed by atoms with E-state index in [-0.39, 0.29) is 12.1 Å². The topological polar surface area (TPSA) is 67.6 Å². The van der Waals surface area contributed by atoms with Crippen molar-refractivity contribution in [1.29, 1.82) is 0 Å². The molecular weight excluding hydrogens is 230 g/mol. The van der Waals surface area contributed by atoms with E-state index in [1.54, 1.807) is 0 Å². The number of rotatable bonds is 3. The van der Waals surface area contributed by atoms with Gasteiger partial charge >= 0.3 is 6.09 Å². The van der Waals surface area contributed by atoms with Crippen LogP contribution >= 0.6 is 0 Å². The zero-order valence-electron chi connectivity index (χ0n) is 10.6. The highest BCUT2D eigenvalue weighted by Gasteiger charge is 2.25. The maximum absolute atomic E-state index is 11.2. The summed E-state index contributed by atoms with van der Waals surface area (Å²) in [6, 6.07) is 8.25. The number of carbonyl (C=O) groups is 1. The van der Waals surface area contributed by atoms with Crippen molar-refractivity contribution in [3.05, 3.63) is 29.8 Å². The van der Waals surface area contributed by atoms with Gasteiger partial charge in [0, 0.05) is 25.3 Å². The lowest BCUT2D eigenvalue weighted by Gasteiger charge is -2.21. The van der Waals surface area contributed by atoms with Crippen LogP contribution in [0.15, 0.2) is 24.3 Å². The van der Waals surface area contributed by atoms with E-state index in [1.807, 2.05) is 18.2 Å². The lowest BCUT2D eigenvalue weighted by Crippen LogP contribution is -2.37. The number of benzene rings is 1. The van der Waals surface area contributed by atoms with E-state index in [2.05, 4.69) is 21.0 Å². The number of alkyl carbamates (subject to hydrolysis) is 1. The van der Waals surface area contributed by atoms with Gasteiger partial charge in [-0.3, -0.25) is 0 Å². The number of nitrogens with two attached hydrogens (primary N) is 1. The molecule has 0 aliphatic carbocycles. The fourth-order valence-corrected chi connectivity index (χ4v) is 2.31. The maximum atomic E-state index is 11.2. The molecule has 3 N–H and O–H groups in total. The fourth-order valence-electron chi connectivity index (χ4n) is 2.31. The molecule has 0 radical (unpaired) electrons. The summed E-state index contributed by atoms with van der Waals surface area (Å²) in [6.07, 6.45) is 0.558. The fraction of sp³-hybridized carbons (Fsp3) is 0.462. The maximum Gasteiger partial charge on any atom is 0.407 e. The second kappa shape index (κ2) is 5.73. The first-order valence-electron chi connectivity index (χ1n) is 6.12. The Morgan fingerprint density at radius 3 is 3.06 bits per heavy atom. The molecule has 5 heteroatoms. The zero-order valence-corrected chi connectivity index (χ0v) is 10.6. The van der Waals surface area contributed by atoms with Gasteiger partial charge in [-0.15, -0.1) is 0 Å². The molecule has 1 unspecified atom stereocenters. The first-order chi connectivity index (χ1) is 8.74. The van der Waals surface area contributed by atoms with Crippen molar-refractivity contribution >= 4 is 11.8 Å². The minimum atomic E-state index is -0.367. The summed E-state index contributed by atoms with van der Waals surface area (Å²) in [6.45, 7) is 2.25. The van der Waals surface area contributed by atoms with Crippen molar-refractivity contribution in [2.75, 3.05) is 25.1 Å². The number of anilines is 1. The van der Waals surface area contributed by atoms with Crippen molar-refractivity contribution in [2.24, 2.45) is 5.73 Å². The number of methoxy groups -OCH3 is 1. The summed E-state index contributed by atoms with van der Waals surface area (Å²) in [5.74, 6) is 0.